The number of hydrogen-bond acceptors (Lipinski definition) is 3. The van der Waals surface area contributed by atoms with Gasteiger partial charge in [0.1, 0.15) is 6.07 Å². The van der Waals surface area contributed by atoms with E-state index in [0.717, 1.165) is 16.9 Å². The van der Waals surface area contributed by atoms with Gasteiger partial charge < -0.3 is 5.32 Å². The number of aryl methyl sites for hydroxylation is 1. The van der Waals surface area contributed by atoms with Crippen molar-refractivity contribution >= 4 is 17.3 Å². The maximum absolute atomic E-state index is 8.79. The number of nitrogens with one attached hydrogen (secondary N) is 1. The summed E-state index contributed by atoms with van der Waals surface area (Å²) in [7, 11) is 0. The quantitative estimate of drug-likeness (QED) is 0.915. The number of benzene rings is 1. The summed E-state index contributed by atoms with van der Waals surface area (Å²) in [6.45, 7) is 2.66. The smallest absolute Gasteiger partial charge is 0.101 e. The molecule has 0 spiro atoms. The molecule has 18 heavy (non-hydrogen) atoms. The molecule has 3 nitrogen and oxygen atoms in total. The summed E-state index contributed by atoms with van der Waals surface area (Å²) in [6.07, 6.45) is 1.77. The van der Waals surface area contributed by atoms with Crippen LogP contribution < -0.4 is 5.32 Å². The molecule has 1 aromatic heterocycles. The Labute approximate surface area is 111 Å². The highest BCUT2D eigenvalue weighted by molar-refractivity contribution is 6.32. The van der Waals surface area contributed by atoms with Gasteiger partial charge in [0.05, 0.1) is 22.8 Å². The molecule has 0 saturated heterocycles. The van der Waals surface area contributed by atoms with Gasteiger partial charge in [0.15, 0.2) is 0 Å². The first-order chi connectivity index (χ1) is 8.70. The van der Waals surface area contributed by atoms with Crippen molar-refractivity contribution in [3.8, 4) is 6.07 Å². The van der Waals surface area contributed by atoms with Gasteiger partial charge >= 0.3 is 0 Å². The average molecular weight is 258 g/mol. The Balaban J connectivity index is 2.10. The molecule has 0 aliphatic carbocycles. The Morgan fingerprint density at radius 2 is 2.22 bits per heavy atom. The third-order valence-corrected chi connectivity index (χ3v) is 2.98. The van der Waals surface area contributed by atoms with Crippen molar-refractivity contribution in [3.05, 3.63) is 58.4 Å². The highest BCUT2D eigenvalue weighted by atomic mass is 35.5. The minimum absolute atomic E-state index is 0.459. The molecule has 4 heteroatoms. The Morgan fingerprint density at radius 1 is 1.39 bits per heavy atom. The van der Waals surface area contributed by atoms with Gasteiger partial charge in [-0.2, -0.15) is 5.26 Å². The van der Waals surface area contributed by atoms with E-state index in [-0.39, 0.29) is 0 Å². The van der Waals surface area contributed by atoms with Crippen molar-refractivity contribution in [2.24, 2.45) is 0 Å². The summed E-state index contributed by atoms with van der Waals surface area (Å²) in [5.74, 6) is 0. The summed E-state index contributed by atoms with van der Waals surface area (Å²) < 4.78 is 0. The normalized spacial score (nSPS) is 9.83. The van der Waals surface area contributed by atoms with Crippen LogP contribution in [0.4, 0.5) is 5.69 Å². The Bertz CT molecular complexity index is 602. The van der Waals surface area contributed by atoms with Crippen molar-refractivity contribution in [1.82, 2.24) is 4.98 Å². The van der Waals surface area contributed by atoms with Crippen LogP contribution in [0.15, 0.2) is 36.5 Å². The van der Waals surface area contributed by atoms with Crippen molar-refractivity contribution in [2.45, 2.75) is 13.5 Å². The van der Waals surface area contributed by atoms with E-state index in [1.165, 1.54) is 0 Å². The van der Waals surface area contributed by atoms with Crippen LogP contribution >= 0.6 is 11.6 Å². The first kappa shape index (κ1) is 12.4. The van der Waals surface area contributed by atoms with E-state index < -0.39 is 0 Å². The van der Waals surface area contributed by atoms with Crippen molar-refractivity contribution in [2.75, 3.05) is 5.32 Å². The SMILES string of the molecule is Cc1cccnc1CNc1ccc(C#N)c(Cl)c1. The van der Waals surface area contributed by atoms with E-state index in [9.17, 15) is 0 Å². The zero-order valence-corrected chi connectivity index (χ0v) is 10.7. The molecule has 0 unspecified atom stereocenters. The molecule has 0 fully saturated rings. The predicted octanol–water partition coefficient (Wildman–Crippen LogP) is 3.53. The first-order valence-corrected chi connectivity index (χ1v) is 5.92. The summed E-state index contributed by atoms with van der Waals surface area (Å²) in [5, 5.41) is 12.5. The zero-order chi connectivity index (χ0) is 13.0. The Hall–Kier alpha value is -2.05. The van der Waals surface area contributed by atoms with Gasteiger partial charge in [-0.25, -0.2) is 0 Å². The summed E-state index contributed by atoms with van der Waals surface area (Å²) in [5.41, 5.74) is 3.50. The van der Waals surface area contributed by atoms with E-state index in [0.29, 0.717) is 17.1 Å². The predicted molar refractivity (Wildman–Crippen MR) is 72.5 cm³/mol. The third kappa shape index (κ3) is 2.79. The van der Waals surface area contributed by atoms with Crippen molar-refractivity contribution in [3.63, 3.8) is 0 Å². The van der Waals surface area contributed by atoms with Crippen LogP contribution in [0.25, 0.3) is 0 Å². The molecule has 0 bridgehead atoms. The van der Waals surface area contributed by atoms with Crippen LogP contribution in [0.1, 0.15) is 16.8 Å². The molecule has 1 heterocycles. The largest absolute Gasteiger partial charge is 0.379 e. The van der Waals surface area contributed by atoms with E-state index >= 15 is 0 Å². The lowest BCUT2D eigenvalue weighted by molar-refractivity contribution is 1.02. The van der Waals surface area contributed by atoms with Crippen molar-refractivity contribution < 1.29 is 0 Å². The van der Waals surface area contributed by atoms with Gasteiger partial charge in [-0.3, -0.25) is 4.98 Å². The zero-order valence-electron chi connectivity index (χ0n) is 9.94. The third-order valence-electron chi connectivity index (χ3n) is 2.67. The first-order valence-electron chi connectivity index (χ1n) is 5.54. The number of halogens is 1. The maximum atomic E-state index is 8.79. The van der Waals surface area contributed by atoms with Crippen LogP contribution in [0, 0.1) is 18.3 Å². The van der Waals surface area contributed by atoms with Crippen molar-refractivity contribution in [1.29, 1.82) is 5.26 Å². The second-order valence-corrected chi connectivity index (χ2v) is 4.33. The lowest BCUT2D eigenvalue weighted by Gasteiger charge is -2.08. The van der Waals surface area contributed by atoms with E-state index in [4.69, 9.17) is 16.9 Å². The fourth-order valence-electron chi connectivity index (χ4n) is 1.60. The summed E-state index contributed by atoms with van der Waals surface area (Å²) in [6, 6.07) is 11.3. The minimum Gasteiger partial charge on any atom is -0.379 e. The molecule has 0 radical (unpaired) electrons. The monoisotopic (exact) mass is 257 g/mol. The highest BCUT2D eigenvalue weighted by Gasteiger charge is 2.02. The lowest BCUT2D eigenvalue weighted by Crippen LogP contribution is -2.03. The van der Waals surface area contributed by atoms with Gasteiger partial charge in [0, 0.05) is 11.9 Å². The molecule has 0 aliphatic rings. The fourth-order valence-corrected chi connectivity index (χ4v) is 1.83. The number of nitrogens with zero attached hydrogens (tertiary/aromatic N) is 2. The highest BCUT2D eigenvalue weighted by Crippen LogP contribution is 2.20. The topological polar surface area (TPSA) is 48.7 Å². The van der Waals surface area contributed by atoms with Crippen LogP contribution in [-0.4, -0.2) is 4.98 Å². The molecule has 1 N–H and O–H groups in total. The number of rotatable bonds is 3. The Morgan fingerprint density at radius 3 is 2.89 bits per heavy atom. The second kappa shape index (κ2) is 5.52. The van der Waals surface area contributed by atoms with Crippen LogP contribution in [0.5, 0.6) is 0 Å². The van der Waals surface area contributed by atoms with Gasteiger partial charge in [0.2, 0.25) is 0 Å². The van der Waals surface area contributed by atoms with Gasteiger partial charge in [-0.05, 0) is 36.8 Å². The molecule has 2 rings (SSSR count). The molecule has 0 saturated carbocycles. The summed E-state index contributed by atoms with van der Waals surface area (Å²) >= 11 is 5.96. The minimum atomic E-state index is 0.459. The fraction of sp³-hybridized carbons (Fsp3) is 0.143. The number of aromatic nitrogens is 1. The molecule has 0 amide bonds. The van der Waals surface area contributed by atoms with Crippen LogP contribution in [-0.2, 0) is 6.54 Å². The maximum Gasteiger partial charge on any atom is 0.101 e. The Kier molecular flexibility index (Phi) is 3.81. The number of hydrogen-bond donors (Lipinski definition) is 1. The molecule has 0 atom stereocenters. The standard InChI is InChI=1S/C14H12ClN3/c1-10-3-2-6-17-14(10)9-18-12-5-4-11(8-16)13(15)7-12/h2-7,18H,9H2,1H3. The van der Waals surface area contributed by atoms with Gasteiger partial charge in [0.25, 0.3) is 0 Å². The molecule has 90 valence electrons. The summed E-state index contributed by atoms with van der Waals surface area (Å²) in [4.78, 5) is 4.30. The lowest BCUT2D eigenvalue weighted by atomic mass is 10.2. The number of anilines is 1. The van der Waals surface area contributed by atoms with Crippen LogP contribution in [0.3, 0.4) is 0 Å². The van der Waals surface area contributed by atoms with Gasteiger partial charge in [-0.15, -0.1) is 0 Å². The van der Waals surface area contributed by atoms with Gasteiger partial charge in [-0.1, -0.05) is 17.7 Å². The van der Waals surface area contributed by atoms with Crippen LogP contribution in [0.2, 0.25) is 5.02 Å². The molecular formula is C14H12ClN3. The number of pyridine rings is 1. The molecule has 2 aromatic rings. The van der Waals surface area contributed by atoms with E-state index in [1.807, 2.05) is 31.2 Å². The molecular weight excluding hydrogens is 246 g/mol. The average Bonchev–Trinajstić information content (AvgIpc) is 2.38. The number of nitriles is 1. The second-order valence-electron chi connectivity index (χ2n) is 3.93. The van der Waals surface area contributed by atoms with E-state index in [1.54, 1.807) is 18.3 Å². The van der Waals surface area contributed by atoms with E-state index in [2.05, 4.69) is 10.3 Å². The molecule has 0 aliphatic heterocycles. The molecule has 1 aromatic carbocycles.